The van der Waals surface area contributed by atoms with E-state index >= 15 is 0 Å². The van der Waals surface area contributed by atoms with Crippen LogP contribution in [0.5, 0.6) is 5.88 Å². The Morgan fingerprint density at radius 1 is 1.14 bits per heavy atom. The summed E-state index contributed by atoms with van der Waals surface area (Å²) in [4.78, 5) is 14.1. The Bertz CT molecular complexity index is 813. The van der Waals surface area contributed by atoms with Gasteiger partial charge < -0.3 is 14.6 Å². The first kappa shape index (κ1) is 18.7. The molecule has 7 heteroatoms. The summed E-state index contributed by atoms with van der Waals surface area (Å²) in [5.74, 6) is 1.11. The number of hydrogen-bond donors (Lipinski definition) is 1. The monoisotopic (exact) mass is 403 g/mol. The molecule has 1 atom stereocenters. The van der Waals surface area contributed by atoms with Crippen molar-refractivity contribution >= 4 is 21.6 Å². The topological polar surface area (TPSA) is 67.7 Å². The number of aliphatic hydroxyl groups is 1. The molecule has 1 N–H and O–H groups in total. The summed E-state index contributed by atoms with van der Waals surface area (Å²) < 4.78 is 11.9. The zero-order chi connectivity index (χ0) is 18.9. The van der Waals surface area contributed by atoms with Crippen molar-refractivity contribution in [1.29, 1.82) is 0 Å². The molecule has 0 unspecified atom stereocenters. The first-order valence-corrected chi connectivity index (χ1v) is 11.5. The predicted octanol–water partition coefficient (Wildman–Crippen LogP) is 2.81. The fourth-order valence-electron chi connectivity index (χ4n) is 5.03. The standard InChI is InChI=1S/C21H29N3O3S/c25-12-14-1-6-18-17(11-14)19-20(22-13-23-21(19)28-18)27-16-4-2-15(3-5-16)24-7-9-26-10-8-24/h13-16,25H,1-12H2/t14-,15?,16?/m1/s1. The summed E-state index contributed by atoms with van der Waals surface area (Å²) >= 11 is 1.78. The molecule has 1 saturated heterocycles. The van der Waals surface area contributed by atoms with Gasteiger partial charge in [0.05, 0.1) is 18.6 Å². The molecule has 0 bridgehead atoms. The maximum Gasteiger partial charge on any atom is 0.225 e. The second-order valence-electron chi connectivity index (χ2n) is 8.35. The van der Waals surface area contributed by atoms with Crippen LogP contribution < -0.4 is 4.74 Å². The molecule has 0 aromatic carbocycles. The summed E-state index contributed by atoms with van der Waals surface area (Å²) in [6.07, 6.45) is 9.43. The van der Waals surface area contributed by atoms with E-state index < -0.39 is 0 Å². The van der Waals surface area contributed by atoms with Crippen LogP contribution in [0.3, 0.4) is 0 Å². The maximum atomic E-state index is 9.62. The molecule has 152 valence electrons. The van der Waals surface area contributed by atoms with Crippen LogP contribution in [0.15, 0.2) is 6.33 Å². The number of rotatable bonds is 4. The molecule has 2 aromatic heterocycles. The van der Waals surface area contributed by atoms with E-state index in [1.807, 2.05) is 0 Å². The Balaban J connectivity index is 1.30. The van der Waals surface area contributed by atoms with Crippen LogP contribution in [-0.2, 0) is 17.6 Å². The third kappa shape index (κ3) is 3.65. The summed E-state index contributed by atoms with van der Waals surface area (Å²) in [7, 11) is 0. The number of aromatic nitrogens is 2. The Hall–Kier alpha value is -1.28. The molecule has 28 heavy (non-hydrogen) atoms. The minimum absolute atomic E-state index is 0.239. The van der Waals surface area contributed by atoms with E-state index in [9.17, 15) is 5.11 Å². The first-order chi connectivity index (χ1) is 13.8. The molecule has 6 nitrogen and oxygen atoms in total. The molecule has 1 saturated carbocycles. The average molecular weight is 404 g/mol. The molecule has 3 heterocycles. The third-order valence-electron chi connectivity index (χ3n) is 6.65. The van der Waals surface area contributed by atoms with E-state index in [4.69, 9.17) is 9.47 Å². The highest BCUT2D eigenvalue weighted by Crippen LogP contribution is 2.41. The minimum atomic E-state index is 0.239. The van der Waals surface area contributed by atoms with E-state index in [1.54, 1.807) is 17.7 Å². The third-order valence-corrected chi connectivity index (χ3v) is 7.85. The highest BCUT2D eigenvalue weighted by atomic mass is 32.1. The maximum absolute atomic E-state index is 9.62. The summed E-state index contributed by atoms with van der Waals surface area (Å²) in [6, 6.07) is 0.674. The van der Waals surface area contributed by atoms with Crippen LogP contribution in [0.1, 0.15) is 42.5 Å². The smallest absolute Gasteiger partial charge is 0.225 e. The van der Waals surface area contributed by atoms with Crippen molar-refractivity contribution in [2.45, 2.75) is 57.1 Å². The Morgan fingerprint density at radius 3 is 2.75 bits per heavy atom. The normalized spacial score (nSPS) is 29.0. The van der Waals surface area contributed by atoms with Crippen LogP contribution in [-0.4, -0.2) is 65.0 Å². The number of ether oxygens (including phenoxy) is 2. The fraction of sp³-hybridized carbons (Fsp3) is 0.714. The average Bonchev–Trinajstić information content (AvgIpc) is 3.13. The fourth-order valence-corrected chi connectivity index (χ4v) is 6.20. The molecule has 2 aliphatic carbocycles. The van der Waals surface area contributed by atoms with Gasteiger partial charge in [-0.3, -0.25) is 4.90 Å². The molecule has 5 rings (SSSR count). The second kappa shape index (κ2) is 8.22. The van der Waals surface area contributed by atoms with E-state index in [1.165, 1.54) is 23.3 Å². The van der Waals surface area contributed by atoms with Gasteiger partial charge >= 0.3 is 0 Å². The van der Waals surface area contributed by atoms with Crippen molar-refractivity contribution in [2.24, 2.45) is 5.92 Å². The van der Waals surface area contributed by atoms with Gasteiger partial charge in [0.2, 0.25) is 5.88 Å². The SMILES string of the molecule is OC[C@@H]1CCc2sc3ncnc(OC4CCC(N5CCOCC5)CC4)c3c2C1. The lowest BCUT2D eigenvalue weighted by Gasteiger charge is -2.38. The van der Waals surface area contributed by atoms with E-state index in [0.29, 0.717) is 12.0 Å². The number of nitrogens with zero attached hydrogens (tertiary/aromatic N) is 3. The Kier molecular flexibility index (Phi) is 5.50. The lowest BCUT2D eigenvalue weighted by Crippen LogP contribution is -2.46. The highest BCUT2D eigenvalue weighted by molar-refractivity contribution is 7.18. The largest absolute Gasteiger partial charge is 0.474 e. The van der Waals surface area contributed by atoms with Gasteiger partial charge in [0, 0.05) is 30.6 Å². The van der Waals surface area contributed by atoms with Crippen LogP contribution >= 0.6 is 11.3 Å². The van der Waals surface area contributed by atoms with Crippen LogP contribution in [0, 0.1) is 5.92 Å². The Labute approximate surface area is 169 Å². The molecule has 3 aliphatic rings. The number of aliphatic hydroxyl groups excluding tert-OH is 1. The van der Waals surface area contributed by atoms with Crippen molar-refractivity contribution in [3.63, 3.8) is 0 Å². The van der Waals surface area contributed by atoms with Crippen molar-refractivity contribution < 1.29 is 14.6 Å². The van der Waals surface area contributed by atoms with Crippen molar-refractivity contribution in [2.75, 3.05) is 32.9 Å². The van der Waals surface area contributed by atoms with E-state index in [-0.39, 0.29) is 12.7 Å². The lowest BCUT2D eigenvalue weighted by molar-refractivity contribution is -0.00126. The minimum Gasteiger partial charge on any atom is -0.474 e. The predicted molar refractivity (Wildman–Crippen MR) is 109 cm³/mol. The van der Waals surface area contributed by atoms with Gasteiger partial charge in [-0.25, -0.2) is 9.97 Å². The van der Waals surface area contributed by atoms with Gasteiger partial charge in [-0.1, -0.05) is 0 Å². The second-order valence-corrected chi connectivity index (χ2v) is 9.43. The summed E-state index contributed by atoms with van der Waals surface area (Å²) in [5, 5.41) is 10.7. The molecule has 0 spiro atoms. The highest BCUT2D eigenvalue weighted by Gasteiger charge is 2.30. The van der Waals surface area contributed by atoms with Gasteiger partial charge in [0.25, 0.3) is 0 Å². The van der Waals surface area contributed by atoms with Gasteiger partial charge in [0.1, 0.15) is 17.3 Å². The van der Waals surface area contributed by atoms with Gasteiger partial charge in [0.15, 0.2) is 0 Å². The number of hydrogen-bond acceptors (Lipinski definition) is 7. The zero-order valence-corrected chi connectivity index (χ0v) is 17.1. The first-order valence-electron chi connectivity index (χ1n) is 10.7. The molecule has 2 fully saturated rings. The van der Waals surface area contributed by atoms with Crippen LogP contribution in [0.25, 0.3) is 10.2 Å². The van der Waals surface area contributed by atoms with Crippen LogP contribution in [0.2, 0.25) is 0 Å². The molecule has 1 aliphatic heterocycles. The number of fused-ring (bicyclic) bond motifs is 3. The van der Waals surface area contributed by atoms with Crippen molar-refractivity contribution in [1.82, 2.24) is 14.9 Å². The Morgan fingerprint density at radius 2 is 1.96 bits per heavy atom. The summed E-state index contributed by atoms with van der Waals surface area (Å²) in [6.45, 7) is 4.12. The number of morpholine rings is 1. The molecule has 2 aromatic rings. The van der Waals surface area contributed by atoms with Crippen LogP contribution in [0.4, 0.5) is 0 Å². The van der Waals surface area contributed by atoms with E-state index in [0.717, 1.165) is 74.5 Å². The number of thiophene rings is 1. The lowest BCUT2D eigenvalue weighted by atomic mass is 9.88. The van der Waals surface area contributed by atoms with Crippen molar-refractivity contribution in [3.8, 4) is 5.88 Å². The number of aryl methyl sites for hydroxylation is 1. The molecule has 0 radical (unpaired) electrons. The van der Waals surface area contributed by atoms with Gasteiger partial charge in [-0.15, -0.1) is 11.3 Å². The molecular weight excluding hydrogens is 374 g/mol. The van der Waals surface area contributed by atoms with E-state index in [2.05, 4.69) is 14.9 Å². The van der Waals surface area contributed by atoms with Gasteiger partial charge in [-0.05, 0) is 56.4 Å². The summed E-state index contributed by atoms with van der Waals surface area (Å²) in [5.41, 5.74) is 1.32. The van der Waals surface area contributed by atoms with Crippen molar-refractivity contribution in [3.05, 3.63) is 16.8 Å². The zero-order valence-electron chi connectivity index (χ0n) is 16.3. The molecular formula is C21H29N3O3S. The van der Waals surface area contributed by atoms with Gasteiger partial charge in [-0.2, -0.15) is 0 Å². The quantitative estimate of drug-likeness (QED) is 0.847. The molecule has 0 amide bonds.